The van der Waals surface area contributed by atoms with Gasteiger partial charge in [0, 0.05) is 12.5 Å². The van der Waals surface area contributed by atoms with Gasteiger partial charge in [0.25, 0.3) is 0 Å². The Balaban J connectivity index is 2.33. The third-order valence-corrected chi connectivity index (χ3v) is 3.96. The molecule has 0 radical (unpaired) electrons. The van der Waals surface area contributed by atoms with Gasteiger partial charge in [-0.2, -0.15) is 4.98 Å². The van der Waals surface area contributed by atoms with Gasteiger partial charge >= 0.3 is 0 Å². The average molecular weight is 295 g/mol. The van der Waals surface area contributed by atoms with Gasteiger partial charge in [-0.3, -0.25) is 0 Å². The zero-order valence-electron chi connectivity index (χ0n) is 13.3. The van der Waals surface area contributed by atoms with Crippen molar-refractivity contribution in [3.8, 4) is 11.8 Å². The second kappa shape index (κ2) is 7.56. The van der Waals surface area contributed by atoms with Gasteiger partial charge in [0.2, 0.25) is 11.8 Å². The molecule has 3 atom stereocenters. The first-order chi connectivity index (χ1) is 10.2. The van der Waals surface area contributed by atoms with Gasteiger partial charge in [0.05, 0.1) is 32.6 Å². The lowest BCUT2D eigenvalue weighted by Crippen LogP contribution is -2.33. The van der Waals surface area contributed by atoms with Crippen molar-refractivity contribution in [3.05, 3.63) is 11.9 Å². The highest BCUT2D eigenvalue weighted by atomic mass is 16.5. The molecular formula is C15H25N3O3. The Kier molecular flexibility index (Phi) is 5.76. The molecule has 1 aromatic heterocycles. The van der Waals surface area contributed by atoms with Crippen LogP contribution in [0, 0.1) is 5.92 Å². The monoisotopic (exact) mass is 295 g/mol. The van der Waals surface area contributed by atoms with Gasteiger partial charge in [-0.05, 0) is 19.4 Å². The number of rotatable bonds is 7. The van der Waals surface area contributed by atoms with Crippen molar-refractivity contribution in [3.63, 3.8) is 0 Å². The standard InChI is InChI=1S/C15H25N3O3/c1-5-11-10(7-8-21-11)13(16-6-2)14-15(20-4)18-12(19-3)9-17-14/h9-11,13,16H,5-8H2,1-4H3. The molecule has 118 valence electrons. The van der Waals surface area contributed by atoms with Gasteiger partial charge in [0.15, 0.2) is 0 Å². The molecule has 0 spiro atoms. The molecule has 1 N–H and O–H groups in total. The van der Waals surface area contributed by atoms with Crippen LogP contribution in [0.4, 0.5) is 0 Å². The highest BCUT2D eigenvalue weighted by Crippen LogP contribution is 2.37. The third-order valence-electron chi connectivity index (χ3n) is 3.96. The van der Waals surface area contributed by atoms with Crippen LogP contribution in [0.5, 0.6) is 11.8 Å². The maximum absolute atomic E-state index is 5.83. The maximum atomic E-state index is 5.83. The van der Waals surface area contributed by atoms with Crippen LogP contribution in [0.15, 0.2) is 6.20 Å². The summed E-state index contributed by atoms with van der Waals surface area (Å²) in [7, 11) is 3.18. The second-order valence-corrected chi connectivity index (χ2v) is 5.11. The number of hydrogen-bond acceptors (Lipinski definition) is 6. The van der Waals surface area contributed by atoms with Crippen LogP contribution in [0.25, 0.3) is 0 Å². The van der Waals surface area contributed by atoms with Crippen molar-refractivity contribution in [1.29, 1.82) is 0 Å². The molecule has 1 aliphatic rings. The van der Waals surface area contributed by atoms with Crippen molar-refractivity contribution < 1.29 is 14.2 Å². The van der Waals surface area contributed by atoms with E-state index in [0.29, 0.717) is 17.7 Å². The van der Waals surface area contributed by atoms with E-state index in [9.17, 15) is 0 Å². The topological polar surface area (TPSA) is 65.5 Å². The van der Waals surface area contributed by atoms with Crippen molar-refractivity contribution in [2.45, 2.75) is 38.8 Å². The summed E-state index contributed by atoms with van der Waals surface area (Å²) in [6.07, 6.45) is 3.91. The molecule has 0 amide bonds. The van der Waals surface area contributed by atoms with Gasteiger partial charge < -0.3 is 19.5 Å². The Morgan fingerprint density at radius 2 is 2.19 bits per heavy atom. The lowest BCUT2D eigenvalue weighted by atomic mass is 9.89. The van der Waals surface area contributed by atoms with E-state index in [0.717, 1.165) is 31.7 Å². The first-order valence-corrected chi connectivity index (χ1v) is 7.55. The average Bonchev–Trinajstić information content (AvgIpc) is 3.00. The number of ether oxygens (including phenoxy) is 3. The Labute approximate surface area is 126 Å². The molecule has 0 saturated carbocycles. The number of nitrogens with zero attached hydrogens (tertiary/aromatic N) is 2. The fraction of sp³-hybridized carbons (Fsp3) is 0.733. The van der Waals surface area contributed by atoms with E-state index < -0.39 is 0 Å². The minimum absolute atomic E-state index is 0.0795. The van der Waals surface area contributed by atoms with Crippen molar-refractivity contribution in [1.82, 2.24) is 15.3 Å². The molecule has 1 aliphatic heterocycles. The Bertz CT molecular complexity index is 456. The van der Waals surface area contributed by atoms with Crippen molar-refractivity contribution in [2.75, 3.05) is 27.4 Å². The van der Waals surface area contributed by atoms with Crippen molar-refractivity contribution >= 4 is 0 Å². The first-order valence-electron chi connectivity index (χ1n) is 7.55. The Morgan fingerprint density at radius 1 is 1.38 bits per heavy atom. The van der Waals surface area contributed by atoms with E-state index in [1.165, 1.54) is 0 Å². The van der Waals surface area contributed by atoms with E-state index in [1.54, 1.807) is 20.4 Å². The summed E-state index contributed by atoms with van der Waals surface area (Å²) < 4.78 is 16.4. The predicted molar refractivity (Wildman–Crippen MR) is 79.7 cm³/mol. The minimum Gasteiger partial charge on any atom is -0.480 e. The number of hydrogen-bond donors (Lipinski definition) is 1. The molecule has 2 heterocycles. The van der Waals surface area contributed by atoms with Gasteiger partial charge in [-0.1, -0.05) is 13.8 Å². The molecule has 1 aromatic rings. The third kappa shape index (κ3) is 3.44. The molecule has 0 aromatic carbocycles. The Morgan fingerprint density at radius 3 is 2.81 bits per heavy atom. The minimum atomic E-state index is 0.0795. The van der Waals surface area contributed by atoms with Crippen LogP contribution >= 0.6 is 0 Å². The first kappa shape index (κ1) is 16.0. The zero-order chi connectivity index (χ0) is 15.2. The van der Waals surface area contributed by atoms with Crippen LogP contribution in [0.3, 0.4) is 0 Å². The van der Waals surface area contributed by atoms with E-state index in [4.69, 9.17) is 14.2 Å². The zero-order valence-corrected chi connectivity index (χ0v) is 13.3. The quantitative estimate of drug-likeness (QED) is 0.829. The molecule has 1 fully saturated rings. The van der Waals surface area contributed by atoms with E-state index in [-0.39, 0.29) is 12.1 Å². The number of methoxy groups -OCH3 is 2. The lowest BCUT2D eigenvalue weighted by molar-refractivity contribution is 0.0767. The number of aromatic nitrogens is 2. The molecule has 6 heteroatoms. The molecule has 3 unspecified atom stereocenters. The van der Waals surface area contributed by atoms with Gasteiger partial charge in [-0.25, -0.2) is 4.98 Å². The van der Waals surface area contributed by atoms with Crippen LogP contribution in [-0.4, -0.2) is 43.4 Å². The number of nitrogens with one attached hydrogen (secondary N) is 1. The fourth-order valence-electron chi connectivity index (χ4n) is 2.97. The summed E-state index contributed by atoms with van der Waals surface area (Å²) in [5.74, 6) is 1.36. The highest BCUT2D eigenvalue weighted by Gasteiger charge is 2.36. The molecule has 0 bridgehead atoms. The largest absolute Gasteiger partial charge is 0.480 e. The normalized spacial score (nSPS) is 23.0. The van der Waals surface area contributed by atoms with Gasteiger partial charge in [0.1, 0.15) is 5.69 Å². The van der Waals surface area contributed by atoms with E-state index >= 15 is 0 Å². The smallest absolute Gasteiger partial charge is 0.240 e. The predicted octanol–water partition coefficient (Wildman–Crippen LogP) is 1.96. The summed E-state index contributed by atoms with van der Waals surface area (Å²) in [5, 5.41) is 3.51. The molecule has 6 nitrogen and oxygen atoms in total. The lowest BCUT2D eigenvalue weighted by Gasteiger charge is -2.28. The molecule has 21 heavy (non-hydrogen) atoms. The van der Waals surface area contributed by atoms with Crippen LogP contribution in [-0.2, 0) is 4.74 Å². The molecule has 1 saturated heterocycles. The van der Waals surface area contributed by atoms with Crippen LogP contribution in [0.2, 0.25) is 0 Å². The summed E-state index contributed by atoms with van der Waals surface area (Å²) in [6.45, 7) is 5.90. The SMILES string of the molecule is CCNC(c1ncc(OC)nc1OC)C1CCOC1CC. The molecule has 0 aliphatic carbocycles. The molecular weight excluding hydrogens is 270 g/mol. The Hall–Kier alpha value is -1.40. The van der Waals surface area contributed by atoms with E-state index in [2.05, 4.69) is 29.1 Å². The van der Waals surface area contributed by atoms with Crippen molar-refractivity contribution in [2.24, 2.45) is 5.92 Å². The second-order valence-electron chi connectivity index (χ2n) is 5.11. The van der Waals surface area contributed by atoms with E-state index in [1.807, 2.05) is 0 Å². The van der Waals surface area contributed by atoms with Crippen LogP contribution in [0.1, 0.15) is 38.4 Å². The summed E-state index contributed by atoms with van der Waals surface area (Å²) in [6, 6.07) is 0.0795. The molecule has 2 rings (SSSR count). The van der Waals surface area contributed by atoms with Gasteiger partial charge in [-0.15, -0.1) is 0 Å². The maximum Gasteiger partial charge on any atom is 0.240 e. The summed E-state index contributed by atoms with van der Waals surface area (Å²) >= 11 is 0. The highest BCUT2D eigenvalue weighted by molar-refractivity contribution is 5.26. The summed E-state index contributed by atoms with van der Waals surface area (Å²) in [5.41, 5.74) is 0.828. The fourth-order valence-corrected chi connectivity index (χ4v) is 2.97. The van der Waals surface area contributed by atoms with Crippen LogP contribution < -0.4 is 14.8 Å². The summed E-state index contributed by atoms with van der Waals surface area (Å²) in [4.78, 5) is 8.87.